The van der Waals surface area contributed by atoms with E-state index < -0.39 is 6.03 Å². The second-order valence-electron chi connectivity index (χ2n) is 5.29. The van der Waals surface area contributed by atoms with Gasteiger partial charge in [-0.05, 0) is 54.3 Å². The molecule has 0 aliphatic rings. The number of amides is 2. The van der Waals surface area contributed by atoms with Gasteiger partial charge in [-0.25, -0.2) is 10.2 Å². The first-order valence-corrected chi connectivity index (χ1v) is 7.45. The Morgan fingerprint density at radius 2 is 2.04 bits per heavy atom. The van der Waals surface area contributed by atoms with E-state index in [-0.39, 0.29) is 0 Å². The van der Waals surface area contributed by atoms with Crippen LogP contribution in [0.3, 0.4) is 0 Å². The predicted octanol–water partition coefficient (Wildman–Crippen LogP) is 2.89. The average Bonchev–Trinajstić information content (AvgIpc) is 2.56. The smallest absolute Gasteiger partial charge is 0.332 e. The maximum atomic E-state index is 10.6. The zero-order valence-electron chi connectivity index (χ0n) is 14.0. The maximum Gasteiger partial charge on any atom is 0.332 e. The van der Waals surface area contributed by atoms with Gasteiger partial charge in [0.25, 0.3) is 0 Å². The zero-order valence-corrected chi connectivity index (χ0v) is 14.0. The number of rotatable bonds is 6. The molecule has 0 atom stereocenters. The fourth-order valence-electron chi connectivity index (χ4n) is 2.18. The number of methoxy groups -OCH3 is 1. The molecule has 0 fully saturated rings. The van der Waals surface area contributed by atoms with Crippen LogP contribution < -0.4 is 20.6 Å². The molecule has 0 aliphatic heterocycles. The lowest BCUT2D eigenvalue weighted by Crippen LogP contribution is -2.24. The minimum atomic E-state index is -0.716. The molecule has 0 saturated carbocycles. The van der Waals surface area contributed by atoms with Crippen molar-refractivity contribution < 1.29 is 14.3 Å². The molecule has 0 aromatic heterocycles. The summed E-state index contributed by atoms with van der Waals surface area (Å²) >= 11 is 0. The molecule has 0 spiro atoms. The standard InChI is InChI=1S/C18H21N3O3/c1-12-5-4-6-15(13(12)2)11-24-16-8-7-14(9-17(16)23-3)10-20-21-18(19)22/h4-10H,11H2,1-3H3,(H3,19,21,22). The number of carbonyl (C=O) groups excluding carboxylic acids is 1. The van der Waals surface area contributed by atoms with E-state index in [1.807, 2.05) is 18.2 Å². The number of primary amides is 1. The van der Waals surface area contributed by atoms with Gasteiger partial charge in [0, 0.05) is 0 Å². The van der Waals surface area contributed by atoms with Crippen molar-refractivity contribution in [3.8, 4) is 11.5 Å². The van der Waals surface area contributed by atoms with Gasteiger partial charge in [0.05, 0.1) is 13.3 Å². The van der Waals surface area contributed by atoms with Gasteiger partial charge >= 0.3 is 6.03 Å². The molecule has 24 heavy (non-hydrogen) atoms. The number of nitrogens with two attached hydrogens (primary N) is 1. The largest absolute Gasteiger partial charge is 0.493 e. The van der Waals surface area contributed by atoms with E-state index in [1.54, 1.807) is 19.2 Å². The molecule has 2 rings (SSSR count). The Balaban J connectivity index is 2.11. The molecule has 0 unspecified atom stereocenters. The number of nitrogens with zero attached hydrogens (tertiary/aromatic N) is 1. The van der Waals surface area contributed by atoms with E-state index in [2.05, 4.69) is 30.4 Å². The highest BCUT2D eigenvalue weighted by atomic mass is 16.5. The number of urea groups is 1. The quantitative estimate of drug-likeness (QED) is 0.632. The van der Waals surface area contributed by atoms with Gasteiger partial charge in [-0.15, -0.1) is 0 Å². The number of ether oxygens (including phenoxy) is 2. The van der Waals surface area contributed by atoms with Crippen LogP contribution in [0.1, 0.15) is 22.3 Å². The molecule has 6 nitrogen and oxygen atoms in total. The Morgan fingerprint density at radius 3 is 2.75 bits per heavy atom. The highest BCUT2D eigenvalue weighted by Crippen LogP contribution is 2.28. The number of aryl methyl sites for hydroxylation is 1. The summed E-state index contributed by atoms with van der Waals surface area (Å²) in [6.45, 7) is 4.62. The summed E-state index contributed by atoms with van der Waals surface area (Å²) in [6, 6.07) is 10.8. The molecule has 0 heterocycles. The first-order chi connectivity index (χ1) is 11.5. The van der Waals surface area contributed by atoms with Crippen LogP contribution in [-0.4, -0.2) is 19.4 Å². The Bertz CT molecular complexity index is 757. The van der Waals surface area contributed by atoms with Gasteiger partial charge in [-0.3, -0.25) is 0 Å². The van der Waals surface area contributed by atoms with Crippen LogP contribution in [0.25, 0.3) is 0 Å². The Labute approximate surface area is 141 Å². The summed E-state index contributed by atoms with van der Waals surface area (Å²) in [7, 11) is 1.57. The van der Waals surface area contributed by atoms with Crippen molar-refractivity contribution in [2.24, 2.45) is 10.8 Å². The van der Waals surface area contributed by atoms with Gasteiger partial charge < -0.3 is 15.2 Å². The monoisotopic (exact) mass is 327 g/mol. The second-order valence-corrected chi connectivity index (χ2v) is 5.29. The molecule has 0 bridgehead atoms. The lowest BCUT2D eigenvalue weighted by atomic mass is 10.0. The van der Waals surface area contributed by atoms with Gasteiger partial charge in [0.2, 0.25) is 0 Å². The predicted molar refractivity (Wildman–Crippen MR) is 93.6 cm³/mol. The van der Waals surface area contributed by atoms with Crippen molar-refractivity contribution in [2.75, 3.05) is 7.11 Å². The minimum absolute atomic E-state index is 0.459. The normalized spacial score (nSPS) is 10.6. The lowest BCUT2D eigenvalue weighted by molar-refractivity contribution is 0.249. The Kier molecular flexibility index (Phi) is 5.78. The number of hydrogen-bond acceptors (Lipinski definition) is 4. The van der Waals surface area contributed by atoms with Gasteiger partial charge in [0.15, 0.2) is 11.5 Å². The Hall–Kier alpha value is -3.02. The topological polar surface area (TPSA) is 85.9 Å². The summed E-state index contributed by atoms with van der Waals surface area (Å²) in [5.41, 5.74) is 11.4. The third-order valence-corrected chi connectivity index (χ3v) is 3.68. The van der Waals surface area contributed by atoms with E-state index in [4.69, 9.17) is 15.2 Å². The molecule has 0 saturated heterocycles. The molecule has 2 amide bonds. The van der Waals surface area contributed by atoms with Crippen LogP contribution in [0.15, 0.2) is 41.5 Å². The van der Waals surface area contributed by atoms with Crippen molar-refractivity contribution in [3.05, 3.63) is 58.7 Å². The van der Waals surface area contributed by atoms with Crippen molar-refractivity contribution in [3.63, 3.8) is 0 Å². The molecule has 0 radical (unpaired) electrons. The fourth-order valence-corrected chi connectivity index (χ4v) is 2.18. The van der Waals surface area contributed by atoms with E-state index in [1.165, 1.54) is 17.3 Å². The number of nitrogens with one attached hydrogen (secondary N) is 1. The Morgan fingerprint density at radius 1 is 1.25 bits per heavy atom. The number of hydrazone groups is 1. The molecule has 3 N–H and O–H groups in total. The number of hydrogen-bond donors (Lipinski definition) is 2. The number of benzene rings is 2. The van der Waals surface area contributed by atoms with E-state index in [9.17, 15) is 4.79 Å². The van der Waals surface area contributed by atoms with Gasteiger partial charge in [-0.2, -0.15) is 5.10 Å². The number of carbonyl (C=O) groups is 1. The molecule has 6 heteroatoms. The second kappa shape index (κ2) is 8.01. The fraction of sp³-hybridized carbons (Fsp3) is 0.222. The van der Waals surface area contributed by atoms with Crippen LogP contribution in [0, 0.1) is 13.8 Å². The van der Waals surface area contributed by atoms with Crippen LogP contribution in [-0.2, 0) is 6.61 Å². The first kappa shape index (κ1) is 17.3. The van der Waals surface area contributed by atoms with Crippen molar-refractivity contribution in [2.45, 2.75) is 20.5 Å². The van der Waals surface area contributed by atoms with Crippen molar-refractivity contribution >= 4 is 12.2 Å². The molecular formula is C18H21N3O3. The zero-order chi connectivity index (χ0) is 17.5. The minimum Gasteiger partial charge on any atom is -0.493 e. The van der Waals surface area contributed by atoms with Crippen LogP contribution in [0.5, 0.6) is 11.5 Å². The van der Waals surface area contributed by atoms with Crippen molar-refractivity contribution in [1.82, 2.24) is 5.43 Å². The molecular weight excluding hydrogens is 306 g/mol. The highest BCUT2D eigenvalue weighted by Gasteiger charge is 2.07. The third-order valence-electron chi connectivity index (χ3n) is 3.68. The van der Waals surface area contributed by atoms with E-state index >= 15 is 0 Å². The first-order valence-electron chi connectivity index (χ1n) is 7.45. The summed E-state index contributed by atoms with van der Waals surface area (Å²) in [4.78, 5) is 10.6. The van der Waals surface area contributed by atoms with E-state index in [0.717, 1.165) is 11.1 Å². The third kappa shape index (κ3) is 4.49. The van der Waals surface area contributed by atoms with Crippen LogP contribution >= 0.6 is 0 Å². The lowest BCUT2D eigenvalue weighted by Gasteiger charge is -2.13. The van der Waals surface area contributed by atoms with Crippen molar-refractivity contribution in [1.29, 1.82) is 0 Å². The summed E-state index contributed by atoms with van der Waals surface area (Å²) in [6.07, 6.45) is 1.47. The molecule has 2 aromatic carbocycles. The molecule has 0 aliphatic carbocycles. The summed E-state index contributed by atoms with van der Waals surface area (Å²) in [5, 5.41) is 3.72. The summed E-state index contributed by atoms with van der Waals surface area (Å²) < 4.78 is 11.2. The highest BCUT2D eigenvalue weighted by molar-refractivity contribution is 5.82. The SMILES string of the molecule is COc1cc(C=NNC(N)=O)ccc1OCc1cccc(C)c1C. The average molecular weight is 327 g/mol. The van der Waals surface area contributed by atoms with Gasteiger partial charge in [0.1, 0.15) is 6.61 Å². The summed E-state index contributed by atoms with van der Waals surface area (Å²) in [5.74, 6) is 1.22. The van der Waals surface area contributed by atoms with Crippen LogP contribution in [0.2, 0.25) is 0 Å². The molecule has 2 aromatic rings. The van der Waals surface area contributed by atoms with E-state index in [0.29, 0.717) is 18.1 Å². The maximum absolute atomic E-state index is 10.6. The van der Waals surface area contributed by atoms with Gasteiger partial charge in [-0.1, -0.05) is 18.2 Å². The molecule has 126 valence electrons. The van der Waals surface area contributed by atoms with Crippen LogP contribution in [0.4, 0.5) is 4.79 Å².